The number of carboxylic acids is 1. The number of carbonyl (C=O) groups is 2. The van der Waals surface area contributed by atoms with Crippen LogP contribution in [0.5, 0.6) is 5.75 Å². The molecule has 0 fully saturated rings. The maximum Gasteiger partial charge on any atom is 0.338 e. The molecule has 2 aromatic heterocycles. The zero-order valence-electron chi connectivity index (χ0n) is 23.0. The van der Waals surface area contributed by atoms with E-state index >= 15 is 0 Å². The summed E-state index contributed by atoms with van der Waals surface area (Å²) < 4.78 is 18.8. The summed E-state index contributed by atoms with van der Waals surface area (Å²) in [5.41, 5.74) is 2.81. The van der Waals surface area contributed by atoms with Gasteiger partial charge in [0.05, 0.1) is 40.6 Å². The lowest BCUT2D eigenvalue weighted by atomic mass is 9.96. The van der Waals surface area contributed by atoms with Gasteiger partial charge in [0.1, 0.15) is 17.3 Å². The number of rotatable bonds is 8. The topological polar surface area (TPSA) is 120 Å². The van der Waals surface area contributed by atoms with Crippen molar-refractivity contribution in [1.82, 2.24) is 4.57 Å². The molecule has 1 N–H and O–H groups in total. The van der Waals surface area contributed by atoms with E-state index < -0.39 is 18.0 Å². The summed E-state index contributed by atoms with van der Waals surface area (Å²) in [6.07, 6.45) is 1.63. The molecule has 1 aliphatic rings. The third-order valence-electron chi connectivity index (χ3n) is 6.67. The van der Waals surface area contributed by atoms with Crippen LogP contribution >= 0.6 is 11.3 Å². The number of hydrogen-bond acceptors (Lipinski definition) is 8. The van der Waals surface area contributed by atoms with Crippen LogP contribution < -0.4 is 19.6 Å². The molecular formula is C31H28N2O7S. The quantitative estimate of drug-likeness (QED) is 0.310. The van der Waals surface area contributed by atoms with Crippen LogP contribution in [0.25, 0.3) is 17.4 Å². The number of aryl methyl sites for hydroxylation is 1. The second-order valence-corrected chi connectivity index (χ2v) is 10.4. The Morgan fingerprint density at radius 3 is 2.51 bits per heavy atom. The Hall–Kier alpha value is -4.70. The van der Waals surface area contributed by atoms with Gasteiger partial charge < -0.3 is 19.0 Å². The fraction of sp³-hybridized carbons (Fsp3) is 0.226. The normalized spacial score (nSPS) is 14.9. The number of carbonyl (C=O) groups excluding carboxylic acids is 1. The summed E-state index contributed by atoms with van der Waals surface area (Å²) in [5, 5.41) is 9.38. The van der Waals surface area contributed by atoms with E-state index in [2.05, 4.69) is 4.99 Å². The molecule has 1 aliphatic heterocycles. The first-order valence-electron chi connectivity index (χ1n) is 13.1. The van der Waals surface area contributed by atoms with Crippen molar-refractivity contribution in [2.75, 3.05) is 13.2 Å². The van der Waals surface area contributed by atoms with Gasteiger partial charge in [-0.3, -0.25) is 9.36 Å². The summed E-state index contributed by atoms with van der Waals surface area (Å²) in [6.45, 7) is 7.93. The molecule has 9 nitrogen and oxygen atoms in total. The molecule has 0 amide bonds. The van der Waals surface area contributed by atoms with Crippen molar-refractivity contribution in [2.45, 2.75) is 33.7 Å². The van der Waals surface area contributed by atoms with Crippen LogP contribution in [-0.2, 0) is 9.53 Å². The van der Waals surface area contributed by atoms with Crippen LogP contribution in [0.4, 0.5) is 0 Å². The number of benzene rings is 2. The molecule has 10 heteroatoms. The van der Waals surface area contributed by atoms with Crippen LogP contribution in [0.15, 0.2) is 80.1 Å². The summed E-state index contributed by atoms with van der Waals surface area (Å²) in [5.74, 6) is 0.0247. The molecule has 41 heavy (non-hydrogen) atoms. The van der Waals surface area contributed by atoms with Gasteiger partial charge in [0.2, 0.25) is 0 Å². The number of ether oxygens (including phenoxy) is 2. The lowest BCUT2D eigenvalue weighted by Crippen LogP contribution is -2.39. The second kappa shape index (κ2) is 11.4. The van der Waals surface area contributed by atoms with Crippen LogP contribution in [-0.4, -0.2) is 34.8 Å². The Labute approximate surface area is 239 Å². The van der Waals surface area contributed by atoms with E-state index in [9.17, 15) is 19.5 Å². The van der Waals surface area contributed by atoms with Crippen LogP contribution in [0, 0.1) is 6.92 Å². The molecule has 0 radical (unpaired) electrons. The zero-order valence-corrected chi connectivity index (χ0v) is 23.8. The Bertz CT molecular complexity index is 1860. The highest BCUT2D eigenvalue weighted by atomic mass is 32.1. The maximum absolute atomic E-state index is 13.8. The molecule has 3 heterocycles. The number of aromatic nitrogens is 1. The second-order valence-electron chi connectivity index (χ2n) is 9.34. The zero-order chi connectivity index (χ0) is 29.3. The average molecular weight is 573 g/mol. The number of hydrogen-bond donors (Lipinski definition) is 1. The Kier molecular flexibility index (Phi) is 7.76. The van der Waals surface area contributed by atoms with Crippen molar-refractivity contribution in [3.63, 3.8) is 0 Å². The van der Waals surface area contributed by atoms with Crippen molar-refractivity contribution in [1.29, 1.82) is 0 Å². The summed E-state index contributed by atoms with van der Waals surface area (Å²) in [4.78, 5) is 43.4. The van der Waals surface area contributed by atoms with Crippen LogP contribution in [0.3, 0.4) is 0 Å². The molecule has 2 aromatic carbocycles. The van der Waals surface area contributed by atoms with Crippen molar-refractivity contribution in [3.05, 3.63) is 108 Å². The Balaban J connectivity index is 1.61. The molecular weight excluding hydrogens is 544 g/mol. The molecule has 0 unspecified atom stereocenters. The molecule has 4 aromatic rings. The van der Waals surface area contributed by atoms with E-state index in [1.54, 1.807) is 62.4 Å². The van der Waals surface area contributed by atoms with Gasteiger partial charge in [-0.1, -0.05) is 29.5 Å². The lowest BCUT2D eigenvalue weighted by molar-refractivity contribution is -0.139. The van der Waals surface area contributed by atoms with Crippen molar-refractivity contribution in [2.24, 2.45) is 4.99 Å². The van der Waals surface area contributed by atoms with Gasteiger partial charge in [-0.25, -0.2) is 14.6 Å². The van der Waals surface area contributed by atoms with Gasteiger partial charge in [0.15, 0.2) is 4.80 Å². The highest BCUT2D eigenvalue weighted by Crippen LogP contribution is 2.32. The van der Waals surface area contributed by atoms with E-state index in [1.165, 1.54) is 15.9 Å². The molecule has 210 valence electrons. The number of thiazole rings is 1. The Morgan fingerprint density at radius 1 is 1.07 bits per heavy atom. The smallest absolute Gasteiger partial charge is 0.338 e. The first-order chi connectivity index (χ1) is 19.7. The minimum absolute atomic E-state index is 0.152. The lowest BCUT2D eigenvalue weighted by Gasteiger charge is -2.24. The average Bonchev–Trinajstić information content (AvgIpc) is 3.53. The standard InChI is InChI=1S/C31H28N2O7S/c1-5-38-21-11-9-19(10-12-21)27-26(30(37)39-6-2)18(4)32-31-33(27)28(34)25(41-31)16-22-13-14-24(40-22)23-15-20(29(35)36)8-7-17(23)3/h7-16,27H,5-6H2,1-4H3,(H,35,36)/b25-16+/t27-/m0/s1. The number of esters is 1. The highest BCUT2D eigenvalue weighted by molar-refractivity contribution is 7.07. The molecule has 0 saturated carbocycles. The number of aromatic carboxylic acids is 1. The fourth-order valence-corrected chi connectivity index (χ4v) is 5.77. The summed E-state index contributed by atoms with van der Waals surface area (Å²) >= 11 is 1.19. The first-order valence-corrected chi connectivity index (χ1v) is 13.9. The highest BCUT2D eigenvalue weighted by Gasteiger charge is 2.33. The first kappa shape index (κ1) is 27.9. The minimum Gasteiger partial charge on any atom is -0.494 e. The molecule has 1 atom stereocenters. The number of allylic oxidation sites excluding steroid dienone is 1. The van der Waals surface area contributed by atoms with Gasteiger partial charge in [0, 0.05) is 11.6 Å². The van der Waals surface area contributed by atoms with Gasteiger partial charge in [-0.2, -0.15) is 0 Å². The van der Waals surface area contributed by atoms with Gasteiger partial charge >= 0.3 is 11.9 Å². The van der Waals surface area contributed by atoms with Crippen LogP contribution in [0.2, 0.25) is 0 Å². The fourth-order valence-electron chi connectivity index (χ4n) is 4.74. The predicted molar refractivity (Wildman–Crippen MR) is 154 cm³/mol. The van der Waals surface area contributed by atoms with E-state index in [1.807, 2.05) is 26.0 Å². The summed E-state index contributed by atoms with van der Waals surface area (Å²) in [6, 6.07) is 14.8. The molecule has 0 spiro atoms. The Morgan fingerprint density at radius 2 is 1.83 bits per heavy atom. The summed E-state index contributed by atoms with van der Waals surface area (Å²) in [7, 11) is 0. The molecule has 0 bridgehead atoms. The number of furan rings is 1. The molecule has 5 rings (SSSR count). The van der Waals surface area contributed by atoms with E-state index in [0.717, 1.165) is 5.56 Å². The van der Waals surface area contributed by atoms with Gasteiger partial charge in [0.25, 0.3) is 5.56 Å². The third kappa shape index (κ3) is 5.38. The van der Waals surface area contributed by atoms with Crippen molar-refractivity contribution >= 4 is 29.4 Å². The number of fused-ring (bicyclic) bond motifs is 1. The SMILES string of the molecule is CCOC(=O)C1=C(C)N=c2s/c(=C/c3ccc(-c4cc(C(=O)O)ccc4C)o3)c(=O)n2[C@H]1c1ccc(OCC)cc1. The number of carboxylic acid groups (broad SMARTS) is 1. The molecule has 0 aliphatic carbocycles. The van der Waals surface area contributed by atoms with Crippen LogP contribution in [0.1, 0.15) is 54.1 Å². The van der Waals surface area contributed by atoms with E-state index in [0.29, 0.717) is 55.6 Å². The maximum atomic E-state index is 13.8. The third-order valence-corrected chi connectivity index (χ3v) is 7.66. The monoisotopic (exact) mass is 572 g/mol. The largest absolute Gasteiger partial charge is 0.494 e. The number of nitrogens with zero attached hydrogens (tertiary/aromatic N) is 2. The molecule has 0 saturated heterocycles. The van der Waals surface area contributed by atoms with Crippen molar-refractivity contribution in [3.8, 4) is 17.1 Å². The van der Waals surface area contributed by atoms with E-state index in [-0.39, 0.29) is 17.7 Å². The van der Waals surface area contributed by atoms with Crippen molar-refractivity contribution < 1.29 is 28.6 Å². The van der Waals surface area contributed by atoms with Gasteiger partial charge in [-0.05, 0) is 75.2 Å². The van der Waals surface area contributed by atoms with Gasteiger partial charge in [-0.15, -0.1) is 0 Å². The minimum atomic E-state index is -1.03. The predicted octanol–water partition coefficient (Wildman–Crippen LogP) is 4.46. The van der Waals surface area contributed by atoms with E-state index in [4.69, 9.17) is 13.9 Å².